The molecule has 2 aliphatic rings. The van der Waals surface area contributed by atoms with Gasteiger partial charge in [-0.25, -0.2) is 4.98 Å². The Morgan fingerprint density at radius 1 is 1.24 bits per heavy atom. The molecule has 2 N–H and O–H groups in total. The van der Waals surface area contributed by atoms with Crippen LogP contribution in [0.4, 0.5) is 0 Å². The fraction of sp³-hybridized carbons (Fsp3) is 0.647. The molecule has 2 amide bonds. The third-order valence-corrected chi connectivity index (χ3v) is 4.80. The SMILES string of the molecule is CC(C)c1ncc(C(=O)N2CCNC[C@H]2C(=O)N2CCCC2)c(=O)[nH]1. The van der Waals surface area contributed by atoms with Crippen LogP contribution in [0.1, 0.15) is 48.8 Å². The fourth-order valence-electron chi connectivity index (χ4n) is 3.33. The van der Waals surface area contributed by atoms with Gasteiger partial charge in [0, 0.05) is 44.8 Å². The van der Waals surface area contributed by atoms with Gasteiger partial charge < -0.3 is 20.1 Å². The van der Waals surface area contributed by atoms with E-state index in [0.29, 0.717) is 25.5 Å². The number of likely N-dealkylation sites (tertiary alicyclic amines) is 1. The molecule has 0 aromatic carbocycles. The number of aromatic amines is 1. The Kier molecular flexibility index (Phi) is 5.17. The van der Waals surface area contributed by atoms with Crippen LogP contribution in [0.2, 0.25) is 0 Å². The number of aromatic nitrogens is 2. The van der Waals surface area contributed by atoms with Crippen molar-refractivity contribution >= 4 is 11.8 Å². The number of piperazine rings is 1. The van der Waals surface area contributed by atoms with Crippen LogP contribution >= 0.6 is 0 Å². The van der Waals surface area contributed by atoms with E-state index in [1.807, 2.05) is 18.7 Å². The van der Waals surface area contributed by atoms with Crippen molar-refractivity contribution in [2.75, 3.05) is 32.7 Å². The highest BCUT2D eigenvalue weighted by molar-refractivity contribution is 5.97. The summed E-state index contributed by atoms with van der Waals surface area (Å²) < 4.78 is 0. The van der Waals surface area contributed by atoms with Gasteiger partial charge in [-0.3, -0.25) is 14.4 Å². The first-order valence-electron chi connectivity index (χ1n) is 8.88. The fourth-order valence-corrected chi connectivity index (χ4v) is 3.33. The highest BCUT2D eigenvalue weighted by atomic mass is 16.2. The lowest BCUT2D eigenvalue weighted by Gasteiger charge is -2.37. The van der Waals surface area contributed by atoms with E-state index in [-0.39, 0.29) is 17.4 Å². The Morgan fingerprint density at radius 2 is 1.96 bits per heavy atom. The lowest BCUT2D eigenvalue weighted by Crippen LogP contribution is -2.60. The Bertz CT molecular complexity index is 708. The van der Waals surface area contributed by atoms with Gasteiger partial charge in [-0.15, -0.1) is 0 Å². The number of carbonyl (C=O) groups excluding carboxylic acids is 2. The van der Waals surface area contributed by atoms with E-state index >= 15 is 0 Å². The highest BCUT2D eigenvalue weighted by Crippen LogP contribution is 2.15. The average molecular weight is 347 g/mol. The summed E-state index contributed by atoms with van der Waals surface area (Å²) >= 11 is 0. The van der Waals surface area contributed by atoms with Crippen LogP contribution in [0.15, 0.2) is 11.0 Å². The van der Waals surface area contributed by atoms with Crippen molar-refractivity contribution in [2.24, 2.45) is 0 Å². The number of nitrogens with zero attached hydrogens (tertiary/aromatic N) is 3. The van der Waals surface area contributed by atoms with E-state index in [1.54, 1.807) is 0 Å². The van der Waals surface area contributed by atoms with E-state index in [2.05, 4.69) is 15.3 Å². The smallest absolute Gasteiger partial charge is 0.263 e. The number of rotatable bonds is 3. The van der Waals surface area contributed by atoms with Gasteiger partial charge >= 0.3 is 0 Å². The maximum atomic E-state index is 12.9. The number of amides is 2. The number of carbonyl (C=O) groups is 2. The third-order valence-electron chi connectivity index (χ3n) is 4.80. The number of nitrogens with one attached hydrogen (secondary N) is 2. The van der Waals surface area contributed by atoms with Gasteiger partial charge in [0.2, 0.25) is 5.91 Å². The Morgan fingerprint density at radius 3 is 2.60 bits per heavy atom. The topological polar surface area (TPSA) is 98.4 Å². The molecule has 2 aliphatic heterocycles. The highest BCUT2D eigenvalue weighted by Gasteiger charge is 2.36. The summed E-state index contributed by atoms with van der Waals surface area (Å²) in [5.41, 5.74) is -0.458. The molecule has 0 aliphatic carbocycles. The lowest BCUT2D eigenvalue weighted by molar-refractivity contribution is -0.135. The molecule has 2 fully saturated rings. The molecule has 8 nitrogen and oxygen atoms in total. The van der Waals surface area contributed by atoms with Crippen molar-refractivity contribution < 1.29 is 9.59 Å². The standard InChI is InChI=1S/C17H25N5O3/c1-11(2)14-19-9-12(15(23)20-14)16(24)22-8-5-18-10-13(22)17(25)21-6-3-4-7-21/h9,11,13,18H,3-8,10H2,1-2H3,(H,19,20,23)/t13-/m0/s1. The van der Waals surface area contributed by atoms with Crippen molar-refractivity contribution in [3.05, 3.63) is 27.9 Å². The summed E-state index contributed by atoms with van der Waals surface area (Å²) in [5, 5.41) is 3.17. The maximum Gasteiger partial charge on any atom is 0.263 e. The van der Waals surface area contributed by atoms with Gasteiger partial charge in [-0.1, -0.05) is 13.8 Å². The predicted molar refractivity (Wildman–Crippen MR) is 92.5 cm³/mol. The molecule has 0 bridgehead atoms. The van der Waals surface area contributed by atoms with Crippen LogP contribution in [0.3, 0.4) is 0 Å². The maximum absolute atomic E-state index is 12.9. The van der Waals surface area contributed by atoms with E-state index in [9.17, 15) is 14.4 Å². The van der Waals surface area contributed by atoms with Crippen LogP contribution in [0.5, 0.6) is 0 Å². The molecule has 1 aromatic heterocycles. The second kappa shape index (κ2) is 7.35. The van der Waals surface area contributed by atoms with Crippen molar-refractivity contribution in [2.45, 2.75) is 38.6 Å². The molecule has 0 saturated carbocycles. The molecule has 0 unspecified atom stereocenters. The quantitative estimate of drug-likeness (QED) is 0.798. The molecule has 25 heavy (non-hydrogen) atoms. The number of H-pyrrole nitrogens is 1. The van der Waals surface area contributed by atoms with E-state index < -0.39 is 17.5 Å². The molecule has 0 radical (unpaired) electrons. The molecule has 3 rings (SSSR count). The van der Waals surface area contributed by atoms with Crippen LogP contribution < -0.4 is 10.9 Å². The van der Waals surface area contributed by atoms with Crippen molar-refractivity contribution in [3.63, 3.8) is 0 Å². The van der Waals surface area contributed by atoms with Gasteiger partial charge in [-0.2, -0.15) is 0 Å². The summed E-state index contributed by atoms with van der Waals surface area (Å²) in [6, 6.07) is -0.566. The van der Waals surface area contributed by atoms with E-state index in [0.717, 1.165) is 25.9 Å². The van der Waals surface area contributed by atoms with Gasteiger partial charge in [-0.05, 0) is 12.8 Å². The predicted octanol–water partition coefficient (Wildman–Crippen LogP) is -0.0703. The van der Waals surface area contributed by atoms with Gasteiger partial charge in [0.25, 0.3) is 11.5 Å². The van der Waals surface area contributed by atoms with Crippen molar-refractivity contribution in [1.82, 2.24) is 25.1 Å². The molecule has 1 aromatic rings. The largest absolute Gasteiger partial charge is 0.341 e. The zero-order valence-electron chi connectivity index (χ0n) is 14.7. The van der Waals surface area contributed by atoms with Crippen LogP contribution in [0, 0.1) is 0 Å². The van der Waals surface area contributed by atoms with Gasteiger partial charge in [0.1, 0.15) is 17.4 Å². The minimum Gasteiger partial charge on any atom is -0.341 e. The summed E-state index contributed by atoms with van der Waals surface area (Å²) in [7, 11) is 0. The molecule has 2 saturated heterocycles. The second-order valence-electron chi connectivity index (χ2n) is 6.92. The van der Waals surface area contributed by atoms with Gasteiger partial charge in [0.15, 0.2) is 0 Å². The van der Waals surface area contributed by atoms with Crippen LogP contribution in [-0.2, 0) is 4.79 Å². The summed E-state index contributed by atoms with van der Waals surface area (Å²) in [6.45, 7) is 6.72. The minimum absolute atomic E-state index is 0.00878. The van der Waals surface area contributed by atoms with E-state index in [4.69, 9.17) is 0 Å². The summed E-state index contributed by atoms with van der Waals surface area (Å²) in [6.07, 6.45) is 3.33. The molecule has 0 spiro atoms. The normalized spacial score (nSPS) is 21.0. The average Bonchev–Trinajstić information content (AvgIpc) is 3.15. The Labute approximate surface area is 146 Å². The first-order valence-corrected chi connectivity index (χ1v) is 8.88. The molecular weight excluding hydrogens is 322 g/mol. The number of hydrogen-bond acceptors (Lipinski definition) is 5. The van der Waals surface area contributed by atoms with Crippen molar-refractivity contribution in [3.8, 4) is 0 Å². The molecule has 8 heteroatoms. The second-order valence-corrected chi connectivity index (χ2v) is 6.92. The summed E-state index contributed by atoms with van der Waals surface area (Å²) in [4.78, 5) is 48.1. The number of hydrogen-bond donors (Lipinski definition) is 2. The molecule has 1 atom stereocenters. The first kappa shape index (κ1) is 17.6. The zero-order valence-corrected chi connectivity index (χ0v) is 14.7. The third kappa shape index (κ3) is 3.58. The molecular formula is C17H25N5O3. The Hall–Kier alpha value is -2.22. The van der Waals surface area contributed by atoms with Gasteiger partial charge in [0.05, 0.1) is 0 Å². The molecule has 3 heterocycles. The van der Waals surface area contributed by atoms with Crippen LogP contribution in [0.25, 0.3) is 0 Å². The summed E-state index contributed by atoms with van der Waals surface area (Å²) in [5.74, 6) is 0.149. The Balaban J connectivity index is 1.83. The lowest BCUT2D eigenvalue weighted by atomic mass is 10.1. The van der Waals surface area contributed by atoms with Crippen LogP contribution in [-0.4, -0.2) is 70.3 Å². The molecule has 136 valence electrons. The first-order chi connectivity index (χ1) is 12.0. The minimum atomic E-state index is -0.566. The zero-order chi connectivity index (χ0) is 18.0. The van der Waals surface area contributed by atoms with E-state index in [1.165, 1.54) is 11.1 Å². The monoisotopic (exact) mass is 347 g/mol. The van der Waals surface area contributed by atoms with Crippen molar-refractivity contribution in [1.29, 1.82) is 0 Å².